The fourth-order valence-electron chi connectivity index (χ4n) is 2.02. The first-order valence-electron chi connectivity index (χ1n) is 6.83. The van der Waals surface area contributed by atoms with Gasteiger partial charge in [0.25, 0.3) is 0 Å². The van der Waals surface area contributed by atoms with Crippen LogP contribution in [0.4, 0.5) is 4.79 Å². The molecule has 8 heteroatoms. The van der Waals surface area contributed by atoms with Crippen molar-refractivity contribution >= 4 is 29.2 Å². The Morgan fingerprint density at radius 2 is 2.33 bits per heavy atom. The summed E-state index contributed by atoms with van der Waals surface area (Å²) >= 11 is 1.61. The minimum absolute atomic E-state index is 0.162. The lowest BCUT2D eigenvalue weighted by molar-refractivity contribution is -0.123. The largest absolute Gasteiger partial charge is 0.354 e. The molecule has 1 aromatic rings. The zero-order valence-electron chi connectivity index (χ0n) is 11.8. The third kappa shape index (κ3) is 4.82. The highest BCUT2D eigenvalue weighted by Crippen LogP contribution is 2.10. The highest BCUT2D eigenvalue weighted by molar-refractivity contribution is 7.09. The summed E-state index contributed by atoms with van der Waals surface area (Å²) in [6, 6.07) is -1.27. The first-order chi connectivity index (χ1) is 10.0. The highest BCUT2D eigenvalue weighted by atomic mass is 32.1. The quantitative estimate of drug-likeness (QED) is 0.689. The van der Waals surface area contributed by atoms with Crippen molar-refractivity contribution in [3.63, 3.8) is 0 Å². The van der Waals surface area contributed by atoms with Gasteiger partial charge >= 0.3 is 6.03 Å². The van der Waals surface area contributed by atoms with Crippen LogP contribution in [-0.4, -0.2) is 35.4 Å². The van der Waals surface area contributed by atoms with Crippen LogP contribution in [0.3, 0.4) is 0 Å². The number of nitrogens with one attached hydrogen (secondary N) is 3. The number of amides is 4. The number of carbonyl (C=O) groups is 3. The van der Waals surface area contributed by atoms with E-state index in [1.54, 1.807) is 11.3 Å². The second kappa shape index (κ2) is 7.16. The Balaban J connectivity index is 1.71. The van der Waals surface area contributed by atoms with Gasteiger partial charge in [-0.05, 0) is 19.8 Å². The lowest BCUT2D eigenvalue weighted by Gasteiger charge is -2.14. The van der Waals surface area contributed by atoms with E-state index in [2.05, 4.69) is 20.9 Å². The van der Waals surface area contributed by atoms with Crippen LogP contribution >= 0.6 is 11.3 Å². The predicted molar refractivity (Wildman–Crippen MR) is 77.9 cm³/mol. The predicted octanol–water partition coefficient (Wildman–Crippen LogP) is 0.489. The lowest BCUT2D eigenvalue weighted by Crippen LogP contribution is -2.48. The van der Waals surface area contributed by atoms with Crippen LogP contribution in [0, 0.1) is 6.92 Å². The Hall–Kier alpha value is -1.96. The van der Waals surface area contributed by atoms with Crippen LogP contribution < -0.4 is 16.0 Å². The van der Waals surface area contributed by atoms with E-state index in [0.717, 1.165) is 23.5 Å². The van der Waals surface area contributed by atoms with Gasteiger partial charge in [-0.1, -0.05) is 0 Å². The van der Waals surface area contributed by atoms with Gasteiger partial charge < -0.3 is 10.6 Å². The summed E-state index contributed by atoms with van der Waals surface area (Å²) in [6.07, 6.45) is 2.08. The Labute approximate surface area is 126 Å². The average Bonchev–Trinajstić information content (AvgIpc) is 2.76. The minimum Gasteiger partial charge on any atom is -0.354 e. The van der Waals surface area contributed by atoms with Crippen molar-refractivity contribution in [2.75, 3.05) is 6.54 Å². The van der Waals surface area contributed by atoms with Crippen molar-refractivity contribution in [1.82, 2.24) is 20.9 Å². The maximum Gasteiger partial charge on any atom is 0.322 e. The number of nitrogens with zero attached hydrogens (tertiary/aromatic N) is 1. The molecule has 0 bridgehead atoms. The van der Waals surface area contributed by atoms with Gasteiger partial charge in [0.05, 0.1) is 5.01 Å². The van der Waals surface area contributed by atoms with Crippen molar-refractivity contribution < 1.29 is 14.4 Å². The summed E-state index contributed by atoms with van der Waals surface area (Å²) in [5.74, 6) is -0.614. The standard InChI is InChI=1S/C13H18N4O3S/c1-8-7-21-11(15-8)3-2-6-14-12(19)9-4-5-10(18)17-13(20)16-9/h7,9H,2-6H2,1H3,(H,14,19)(H2,16,17,18,20)/t9-/m0/s1. The summed E-state index contributed by atoms with van der Waals surface area (Å²) in [5.41, 5.74) is 1.01. The van der Waals surface area contributed by atoms with Gasteiger partial charge in [0.2, 0.25) is 11.8 Å². The molecule has 0 aliphatic carbocycles. The van der Waals surface area contributed by atoms with Crippen molar-refractivity contribution in [3.8, 4) is 0 Å². The molecule has 1 aliphatic heterocycles. The molecule has 1 fully saturated rings. The monoisotopic (exact) mass is 310 g/mol. The molecule has 0 spiro atoms. The van der Waals surface area contributed by atoms with E-state index >= 15 is 0 Å². The van der Waals surface area contributed by atoms with Crippen molar-refractivity contribution in [3.05, 3.63) is 16.1 Å². The molecule has 0 unspecified atom stereocenters. The summed E-state index contributed by atoms with van der Waals surface area (Å²) < 4.78 is 0. The molecule has 1 atom stereocenters. The molecule has 21 heavy (non-hydrogen) atoms. The zero-order valence-corrected chi connectivity index (χ0v) is 12.6. The highest BCUT2D eigenvalue weighted by Gasteiger charge is 2.25. The maximum atomic E-state index is 11.9. The first kappa shape index (κ1) is 15.4. The number of hydrogen-bond donors (Lipinski definition) is 3. The van der Waals surface area contributed by atoms with Gasteiger partial charge in [0, 0.05) is 30.5 Å². The first-order valence-corrected chi connectivity index (χ1v) is 7.71. The Morgan fingerprint density at radius 3 is 3.05 bits per heavy atom. The molecule has 114 valence electrons. The summed E-state index contributed by atoms with van der Waals surface area (Å²) in [6.45, 7) is 2.47. The van der Waals surface area contributed by atoms with Crippen LogP contribution in [0.5, 0.6) is 0 Å². The second-order valence-electron chi connectivity index (χ2n) is 4.89. The molecule has 0 saturated carbocycles. The van der Waals surface area contributed by atoms with E-state index in [1.807, 2.05) is 12.3 Å². The van der Waals surface area contributed by atoms with Crippen LogP contribution in [0.1, 0.15) is 30.0 Å². The molecule has 0 aromatic carbocycles. The van der Waals surface area contributed by atoms with E-state index < -0.39 is 12.1 Å². The second-order valence-corrected chi connectivity index (χ2v) is 5.83. The number of aromatic nitrogens is 1. The van der Waals surface area contributed by atoms with Crippen molar-refractivity contribution in [1.29, 1.82) is 0 Å². The van der Waals surface area contributed by atoms with Gasteiger partial charge in [-0.2, -0.15) is 0 Å². The fourth-order valence-corrected chi connectivity index (χ4v) is 2.84. The molecule has 1 aliphatic rings. The minimum atomic E-state index is -0.654. The molecule has 0 radical (unpaired) electrons. The Morgan fingerprint density at radius 1 is 1.52 bits per heavy atom. The molecule has 4 amide bonds. The van der Waals surface area contributed by atoms with Crippen molar-refractivity contribution in [2.24, 2.45) is 0 Å². The van der Waals surface area contributed by atoms with Crippen LogP contribution in [0.25, 0.3) is 0 Å². The SMILES string of the molecule is Cc1csc(CCCNC(=O)[C@@H]2CCC(=O)NC(=O)N2)n1. The molecular weight excluding hydrogens is 292 g/mol. The maximum absolute atomic E-state index is 11.9. The fraction of sp³-hybridized carbons (Fsp3) is 0.538. The zero-order chi connectivity index (χ0) is 15.2. The molecule has 3 N–H and O–H groups in total. The van der Waals surface area contributed by atoms with E-state index in [4.69, 9.17) is 0 Å². The molecule has 2 rings (SSSR count). The van der Waals surface area contributed by atoms with E-state index in [-0.39, 0.29) is 18.2 Å². The van der Waals surface area contributed by atoms with Gasteiger partial charge in [0.1, 0.15) is 6.04 Å². The average molecular weight is 310 g/mol. The molecule has 2 heterocycles. The number of imide groups is 1. The molecular formula is C13H18N4O3S. The number of urea groups is 1. The van der Waals surface area contributed by atoms with Crippen molar-refractivity contribution in [2.45, 2.75) is 38.6 Å². The summed E-state index contributed by atoms with van der Waals surface area (Å²) in [5, 5.41) is 10.5. The van der Waals surface area contributed by atoms with Gasteiger partial charge in [-0.15, -0.1) is 11.3 Å². The molecule has 1 saturated heterocycles. The Bertz CT molecular complexity index is 543. The topological polar surface area (TPSA) is 100 Å². The lowest BCUT2D eigenvalue weighted by atomic mass is 10.1. The number of carbonyl (C=O) groups excluding carboxylic acids is 3. The van der Waals surface area contributed by atoms with E-state index in [0.29, 0.717) is 13.0 Å². The number of hydrogen-bond acceptors (Lipinski definition) is 5. The van der Waals surface area contributed by atoms with Gasteiger partial charge in [-0.3, -0.25) is 14.9 Å². The summed E-state index contributed by atoms with van der Waals surface area (Å²) in [4.78, 5) is 38.8. The smallest absolute Gasteiger partial charge is 0.322 e. The number of aryl methyl sites for hydroxylation is 2. The number of rotatable bonds is 5. The van der Waals surface area contributed by atoms with Crippen LogP contribution in [0.2, 0.25) is 0 Å². The summed E-state index contributed by atoms with van der Waals surface area (Å²) in [7, 11) is 0. The third-order valence-corrected chi connectivity index (χ3v) is 4.09. The van der Waals surface area contributed by atoms with Crippen LogP contribution in [-0.2, 0) is 16.0 Å². The van der Waals surface area contributed by atoms with E-state index in [1.165, 1.54) is 0 Å². The normalized spacial score (nSPS) is 18.6. The van der Waals surface area contributed by atoms with Gasteiger partial charge in [-0.25, -0.2) is 9.78 Å². The third-order valence-electron chi connectivity index (χ3n) is 3.07. The number of thiazole rings is 1. The van der Waals surface area contributed by atoms with Gasteiger partial charge in [0.15, 0.2) is 0 Å². The van der Waals surface area contributed by atoms with Crippen LogP contribution in [0.15, 0.2) is 5.38 Å². The molecule has 1 aromatic heterocycles. The van der Waals surface area contributed by atoms with E-state index in [9.17, 15) is 14.4 Å². The Kier molecular flexibility index (Phi) is 5.26. The molecule has 7 nitrogen and oxygen atoms in total.